The summed E-state index contributed by atoms with van der Waals surface area (Å²) >= 11 is 0. The van der Waals surface area contributed by atoms with Crippen LogP contribution in [0.1, 0.15) is 50.8 Å². The Morgan fingerprint density at radius 1 is 1.35 bits per heavy atom. The number of aliphatic hydroxyl groups is 1. The fraction of sp³-hybridized carbons (Fsp3) is 0.444. The Labute approximate surface area is 135 Å². The van der Waals surface area contributed by atoms with Crippen LogP contribution in [-0.2, 0) is 4.79 Å². The number of hydrogen-bond donors (Lipinski definition) is 2. The predicted octanol–water partition coefficient (Wildman–Crippen LogP) is 2.36. The van der Waals surface area contributed by atoms with E-state index >= 15 is 0 Å². The summed E-state index contributed by atoms with van der Waals surface area (Å²) in [5, 5.41) is 23.6. The van der Waals surface area contributed by atoms with Crippen molar-refractivity contribution in [3.63, 3.8) is 0 Å². The van der Waals surface area contributed by atoms with Crippen molar-refractivity contribution in [3.05, 3.63) is 41.1 Å². The van der Waals surface area contributed by atoms with E-state index in [2.05, 4.69) is 11.4 Å². The average Bonchev–Trinajstić information content (AvgIpc) is 2.89. The number of rotatable bonds is 2. The van der Waals surface area contributed by atoms with Crippen molar-refractivity contribution < 1.29 is 14.6 Å². The molecule has 0 spiro atoms. The molecule has 0 bridgehead atoms. The minimum atomic E-state index is -1.22. The first-order valence-corrected chi connectivity index (χ1v) is 7.70. The molecule has 1 aromatic rings. The van der Waals surface area contributed by atoms with Gasteiger partial charge in [0.05, 0.1) is 17.7 Å². The van der Waals surface area contributed by atoms with Crippen LogP contribution < -0.4 is 10.1 Å². The monoisotopic (exact) mass is 312 g/mol. The third kappa shape index (κ3) is 2.49. The standard InChI is InChI=1S/C18H20N2O3/c1-17(2)18(3,22)16(20-12-5-6-13(21)9-12)14-8-11(10-19)4-7-15(14)23-17/h4,7-9,16,20,22H,5-6H2,1-3H3. The third-order valence-electron chi connectivity index (χ3n) is 4.90. The molecule has 1 heterocycles. The molecule has 0 amide bonds. The van der Waals surface area contributed by atoms with E-state index in [1.165, 1.54) is 0 Å². The van der Waals surface area contributed by atoms with Crippen LogP contribution in [0, 0.1) is 11.3 Å². The van der Waals surface area contributed by atoms with Crippen molar-refractivity contribution in [1.82, 2.24) is 5.32 Å². The van der Waals surface area contributed by atoms with Gasteiger partial charge in [-0.3, -0.25) is 4.79 Å². The molecule has 2 aliphatic rings. The lowest BCUT2D eigenvalue weighted by Gasteiger charge is -2.50. The molecule has 2 unspecified atom stereocenters. The highest BCUT2D eigenvalue weighted by Crippen LogP contribution is 2.47. The van der Waals surface area contributed by atoms with Gasteiger partial charge in [-0.15, -0.1) is 0 Å². The van der Waals surface area contributed by atoms with Gasteiger partial charge in [0, 0.05) is 23.8 Å². The topological polar surface area (TPSA) is 82.3 Å². The lowest BCUT2D eigenvalue weighted by Crippen LogP contribution is -2.61. The van der Waals surface area contributed by atoms with Crippen molar-refractivity contribution in [2.75, 3.05) is 0 Å². The van der Waals surface area contributed by atoms with E-state index in [9.17, 15) is 9.90 Å². The SMILES string of the molecule is CC1(C)Oc2ccc(C#N)cc2C(NC2=CC(=O)CC2)C1(C)O. The predicted molar refractivity (Wildman–Crippen MR) is 84.7 cm³/mol. The number of ketones is 1. The summed E-state index contributed by atoms with van der Waals surface area (Å²) in [4.78, 5) is 11.5. The van der Waals surface area contributed by atoms with E-state index in [1.54, 1.807) is 31.2 Å². The molecular weight excluding hydrogens is 292 g/mol. The van der Waals surface area contributed by atoms with Gasteiger partial charge in [0.1, 0.15) is 17.0 Å². The summed E-state index contributed by atoms with van der Waals surface area (Å²) in [6.45, 7) is 5.37. The van der Waals surface area contributed by atoms with Gasteiger partial charge in [0.25, 0.3) is 0 Å². The smallest absolute Gasteiger partial charge is 0.157 e. The highest BCUT2D eigenvalue weighted by atomic mass is 16.5. The molecule has 2 N–H and O–H groups in total. The average molecular weight is 312 g/mol. The second-order valence-electron chi connectivity index (χ2n) is 6.84. The van der Waals surface area contributed by atoms with Crippen LogP contribution in [0.25, 0.3) is 0 Å². The molecule has 5 nitrogen and oxygen atoms in total. The summed E-state index contributed by atoms with van der Waals surface area (Å²) in [5.74, 6) is 0.729. The van der Waals surface area contributed by atoms with Crippen LogP contribution in [-0.4, -0.2) is 22.1 Å². The molecule has 23 heavy (non-hydrogen) atoms. The van der Waals surface area contributed by atoms with E-state index in [0.717, 1.165) is 11.3 Å². The molecule has 0 saturated carbocycles. The number of hydrogen-bond acceptors (Lipinski definition) is 5. The Morgan fingerprint density at radius 3 is 2.70 bits per heavy atom. The number of allylic oxidation sites excluding steroid dienone is 2. The first kappa shape index (κ1) is 15.6. The summed E-state index contributed by atoms with van der Waals surface area (Å²) in [5.41, 5.74) is 0.00119. The number of nitrogens with zero attached hydrogens (tertiary/aromatic N) is 1. The molecule has 120 valence electrons. The van der Waals surface area contributed by atoms with Crippen LogP contribution >= 0.6 is 0 Å². The summed E-state index contributed by atoms with van der Waals surface area (Å²) in [6.07, 6.45) is 2.72. The van der Waals surface area contributed by atoms with E-state index in [4.69, 9.17) is 10.00 Å². The summed E-state index contributed by atoms with van der Waals surface area (Å²) in [6, 6.07) is 6.83. The maximum absolute atomic E-state index is 11.5. The second kappa shape index (κ2) is 5.10. The maximum atomic E-state index is 11.5. The normalized spacial score (nSPS) is 28.4. The molecule has 5 heteroatoms. The number of carbonyl (C=O) groups is 1. The number of nitrogens with one attached hydrogen (secondary N) is 1. The van der Waals surface area contributed by atoms with Gasteiger partial charge in [0.15, 0.2) is 5.78 Å². The number of ether oxygens (including phenoxy) is 1. The summed E-state index contributed by atoms with van der Waals surface area (Å²) in [7, 11) is 0. The lowest BCUT2D eigenvalue weighted by molar-refractivity contribution is -0.137. The minimum absolute atomic E-state index is 0.0875. The first-order chi connectivity index (χ1) is 10.7. The van der Waals surface area contributed by atoms with Crippen LogP contribution in [0.2, 0.25) is 0 Å². The Morgan fingerprint density at radius 2 is 2.09 bits per heavy atom. The number of nitriles is 1. The zero-order valence-electron chi connectivity index (χ0n) is 13.5. The van der Waals surface area contributed by atoms with Crippen molar-refractivity contribution in [2.45, 2.75) is 50.9 Å². The quantitative estimate of drug-likeness (QED) is 0.876. The molecule has 0 radical (unpaired) electrons. The fourth-order valence-corrected chi connectivity index (χ4v) is 3.08. The molecule has 0 saturated heterocycles. The highest BCUT2D eigenvalue weighted by Gasteiger charge is 2.53. The molecule has 1 aromatic carbocycles. The Bertz CT molecular complexity index is 741. The maximum Gasteiger partial charge on any atom is 0.157 e. The second-order valence-corrected chi connectivity index (χ2v) is 6.84. The van der Waals surface area contributed by atoms with Gasteiger partial charge in [0.2, 0.25) is 0 Å². The zero-order chi connectivity index (χ0) is 16.8. The molecule has 1 aliphatic carbocycles. The van der Waals surface area contributed by atoms with Gasteiger partial charge in [-0.25, -0.2) is 0 Å². The largest absolute Gasteiger partial charge is 0.484 e. The van der Waals surface area contributed by atoms with Gasteiger partial charge in [-0.1, -0.05) is 0 Å². The van der Waals surface area contributed by atoms with Gasteiger partial charge in [-0.05, 0) is 45.4 Å². The van der Waals surface area contributed by atoms with E-state index in [0.29, 0.717) is 24.2 Å². The molecule has 2 atom stereocenters. The lowest BCUT2D eigenvalue weighted by atomic mass is 9.75. The number of benzene rings is 1. The molecule has 0 fully saturated rings. The Kier molecular flexibility index (Phi) is 3.46. The minimum Gasteiger partial charge on any atom is -0.484 e. The zero-order valence-corrected chi connectivity index (χ0v) is 13.5. The Hall–Kier alpha value is -2.32. The number of fused-ring (bicyclic) bond motifs is 1. The van der Waals surface area contributed by atoms with Gasteiger partial charge >= 0.3 is 0 Å². The summed E-state index contributed by atoms with van der Waals surface area (Å²) < 4.78 is 5.96. The molecule has 3 rings (SSSR count). The van der Waals surface area contributed by atoms with Crippen LogP contribution in [0.4, 0.5) is 0 Å². The van der Waals surface area contributed by atoms with E-state index in [1.807, 2.05) is 13.8 Å². The van der Waals surface area contributed by atoms with Crippen LogP contribution in [0.3, 0.4) is 0 Å². The van der Waals surface area contributed by atoms with Crippen molar-refractivity contribution in [3.8, 4) is 11.8 Å². The Balaban J connectivity index is 2.08. The first-order valence-electron chi connectivity index (χ1n) is 7.70. The van der Waals surface area contributed by atoms with Crippen molar-refractivity contribution in [1.29, 1.82) is 5.26 Å². The van der Waals surface area contributed by atoms with Crippen molar-refractivity contribution in [2.24, 2.45) is 0 Å². The van der Waals surface area contributed by atoms with E-state index in [-0.39, 0.29) is 5.78 Å². The molecular formula is C18H20N2O3. The van der Waals surface area contributed by atoms with E-state index < -0.39 is 17.2 Å². The number of carbonyl (C=O) groups excluding carboxylic acids is 1. The highest BCUT2D eigenvalue weighted by molar-refractivity contribution is 5.92. The third-order valence-corrected chi connectivity index (χ3v) is 4.90. The van der Waals surface area contributed by atoms with Gasteiger partial charge < -0.3 is 15.2 Å². The van der Waals surface area contributed by atoms with Crippen molar-refractivity contribution >= 4 is 5.78 Å². The van der Waals surface area contributed by atoms with Crippen LogP contribution in [0.15, 0.2) is 30.0 Å². The molecule has 0 aromatic heterocycles. The van der Waals surface area contributed by atoms with Crippen LogP contribution in [0.5, 0.6) is 5.75 Å². The fourth-order valence-electron chi connectivity index (χ4n) is 3.08. The van der Waals surface area contributed by atoms with Gasteiger partial charge in [-0.2, -0.15) is 5.26 Å². The molecule has 1 aliphatic heterocycles.